The third-order valence-corrected chi connectivity index (χ3v) is 2.92. The van der Waals surface area contributed by atoms with E-state index in [1.54, 1.807) is 6.92 Å². The lowest BCUT2D eigenvalue weighted by molar-refractivity contribution is -0.143. The number of aliphatic carboxylic acids is 1. The van der Waals surface area contributed by atoms with Gasteiger partial charge in [-0.2, -0.15) is 4.98 Å². The van der Waals surface area contributed by atoms with E-state index in [2.05, 4.69) is 10.1 Å². The maximum atomic E-state index is 10.9. The quantitative estimate of drug-likeness (QED) is 0.804. The Labute approximate surface area is 87.5 Å². The minimum Gasteiger partial charge on any atom is -0.481 e. The van der Waals surface area contributed by atoms with E-state index in [1.807, 2.05) is 0 Å². The average molecular weight is 210 g/mol. The van der Waals surface area contributed by atoms with Crippen molar-refractivity contribution in [2.24, 2.45) is 5.92 Å². The number of nitrogens with zero attached hydrogens (tertiary/aromatic N) is 2. The van der Waals surface area contributed by atoms with Crippen LogP contribution in [0.4, 0.5) is 0 Å². The molecule has 0 aliphatic heterocycles. The summed E-state index contributed by atoms with van der Waals surface area (Å²) in [7, 11) is 0. The van der Waals surface area contributed by atoms with Crippen molar-refractivity contribution in [1.29, 1.82) is 0 Å². The summed E-state index contributed by atoms with van der Waals surface area (Å²) in [4.78, 5) is 15.0. The predicted molar refractivity (Wildman–Crippen MR) is 51.4 cm³/mol. The summed E-state index contributed by atoms with van der Waals surface area (Å²) < 4.78 is 5.08. The van der Waals surface area contributed by atoms with Crippen LogP contribution in [0.5, 0.6) is 0 Å². The Bertz CT molecular complexity index is 361. The van der Waals surface area contributed by atoms with Gasteiger partial charge in [-0.05, 0) is 26.2 Å². The Morgan fingerprint density at radius 2 is 2.33 bits per heavy atom. The maximum Gasteiger partial charge on any atom is 0.306 e. The molecule has 0 bridgehead atoms. The van der Waals surface area contributed by atoms with Gasteiger partial charge in [-0.25, -0.2) is 0 Å². The van der Waals surface area contributed by atoms with Crippen molar-refractivity contribution in [2.45, 2.75) is 38.5 Å². The molecule has 5 nitrogen and oxygen atoms in total. The first-order valence-corrected chi connectivity index (χ1v) is 5.20. The van der Waals surface area contributed by atoms with Crippen LogP contribution in [0.1, 0.15) is 43.3 Å². The molecule has 1 saturated carbocycles. The number of aromatic nitrogens is 2. The number of carboxylic acids is 1. The third kappa shape index (κ3) is 2.16. The third-order valence-electron chi connectivity index (χ3n) is 2.92. The molecule has 2 rings (SSSR count). The van der Waals surface area contributed by atoms with Crippen molar-refractivity contribution in [2.75, 3.05) is 0 Å². The predicted octanol–water partition coefficient (Wildman–Crippen LogP) is 1.74. The van der Waals surface area contributed by atoms with Crippen LogP contribution >= 0.6 is 0 Å². The van der Waals surface area contributed by atoms with E-state index in [0.29, 0.717) is 18.1 Å². The van der Waals surface area contributed by atoms with Gasteiger partial charge >= 0.3 is 5.97 Å². The van der Waals surface area contributed by atoms with Crippen LogP contribution in [0.3, 0.4) is 0 Å². The van der Waals surface area contributed by atoms with Gasteiger partial charge in [0.2, 0.25) is 5.89 Å². The van der Waals surface area contributed by atoms with Crippen molar-refractivity contribution >= 4 is 5.97 Å². The minimum absolute atomic E-state index is 0.126. The van der Waals surface area contributed by atoms with Gasteiger partial charge in [-0.1, -0.05) is 11.6 Å². The number of carbonyl (C=O) groups is 1. The average Bonchev–Trinajstić information content (AvgIpc) is 2.65. The lowest BCUT2D eigenvalue weighted by atomic mass is 9.81. The molecular formula is C10H14N2O3. The molecule has 5 heteroatoms. The lowest BCUT2D eigenvalue weighted by Crippen LogP contribution is -2.21. The molecule has 1 aliphatic rings. The van der Waals surface area contributed by atoms with Gasteiger partial charge in [0.1, 0.15) is 0 Å². The van der Waals surface area contributed by atoms with E-state index >= 15 is 0 Å². The summed E-state index contributed by atoms with van der Waals surface area (Å²) in [6, 6.07) is 0. The second kappa shape index (κ2) is 4.00. The highest BCUT2D eigenvalue weighted by molar-refractivity contribution is 5.70. The zero-order chi connectivity index (χ0) is 10.8. The molecule has 2 atom stereocenters. The van der Waals surface area contributed by atoms with Crippen LogP contribution in [-0.4, -0.2) is 21.2 Å². The lowest BCUT2D eigenvalue weighted by Gasteiger charge is -2.23. The molecule has 1 heterocycles. The fraction of sp³-hybridized carbons (Fsp3) is 0.700. The molecule has 0 spiro atoms. The molecule has 1 aromatic rings. The smallest absolute Gasteiger partial charge is 0.306 e. The SMILES string of the molecule is Cc1noc(C2CCCC(C(=O)O)C2)n1. The number of aryl methyl sites for hydroxylation is 1. The summed E-state index contributed by atoms with van der Waals surface area (Å²) in [6.45, 7) is 1.77. The summed E-state index contributed by atoms with van der Waals surface area (Å²) in [5.41, 5.74) is 0. The van der Waals surface area contributed by atoms with Crippen LogP contribution in [0.15, 0.2) is 4.52 Å². The minimum atomic E-state index is -0.712. The van der Waals surface area contributed by atoms with Crippen molar-refractivity contribution in [1.82, 2.24) is 10.1 Å². The topological polar surface area (TPSA) is 76.2 Å². The first kappa shape index (κ1) is 10.1. The highest BCUT2D eigenvalue weighted by Gasteiger charge is 2.30. The Hall–Kier alpha value is -1.39. The monoisotopic (exact) mass is 210 g/mol. The number of rotatable bonds is 2. The summed E-state index contributed by atoms with van der Waals surface area (Å²) in [5, 5.41) is 12.7. The number of hydrogen-bond donors (Lipinski definition) is 1. The molecule has 0 amide bonds. The van der Waals surface area contributed by atoms with Crippen LogP contribution in [0.2, 0.25) is 0 Å². The molecule has 1 aliphatic carbocycles. The molecule has 1 N–H and O–H groups in total. The van der Waals surface area contributed by atoms with Gasteiger partial charge in [0.05, 0.1) is 5.92 Å². The van der Waals surface area contributed by atoms with E-state index in [1.165, 1.54) is 0 Å². The Morgan fingerprint density at radius 3 is 2.93 bits per heavy atom. The molecule has 1 aromatic heterocycles. The first-order chi connectivity index (χ1) is 7.16. The van der Waals surface area contributed by atoms with Gasteiger partial charge in [0, 0.05) is 5.92 Å². The van der Waals surface area contributed by atoms with E-state index in [4.69, 9.17) is 9.63 Å². The van der Waals surface area contributed by atoms with E-state index < -0.39 is 5.97 Å². The Kier molecular flexibility index (Phi) is 2.70. The van der Waals surface area contributed by atoms with Crippen molar-refractivity contribution < 1.29 is 14.4 Å². The van der Waals surface area contributed by atoms with E-state index in [9.17, 15) is 4.79 Å². The summed E-state index contributed by atoms with van der Waals surface area (Å²) in [5.74, 6) is 0.369. The second-order valence-electron chi connectivity index (χ2n) is 4.08. The van der Waals surface area contributed by atoms with Crippen LogP contribution in [0.25, 0.3) is 0 Å². The van der Waals surface area contributed by atoms with Crippen LogP contribution < -0.4 is 0 Å². The molecule has 15 heavy (non-hydrogen) atoms. The molecule has 82 valence electrons. The zero-order valence-electron chi connectivity index (χ0n) is 8.64. The van der Waals surface area contributed by atoms with Crippen molar-refractivity contribution in [3.63, 3.8) is 0 Å². The van der Waals surface area contributed by atoms with Gasteiger partial charge in [-0.3, -0.25) is 4.79 Å². The summed E-state index contributed by atoms with van der Waals surface area (Å²) in [6.07, 6.45) is 3.25. The van der Waals surface area contributed by atoms with E-state index in [-0.39, 0.29) is 11.8 Å². The highest BCUT2D eigenvalue weighted by atomic mass is 16.5. The molecule has 0 radical (unpaired) electrons. The molecule has 0 saturated heterocycles. The molecule has 0 aromatic carbocycles. The van der Waals surface area contributed by atoms with Gasteiger partial charge in [-0.15, -0.1) is 0 Å². The normalized spacial score (nSPS) is 26.5. The molecular weight excluding hydrogens is 196 g/mol. The maximum absolute atomic E-state index is 10.9. The Morgan fingerprint density at radius 1 is 1.53 bits per heavy atom. The Balaban J connectivity index is 2.07. The fourth-order valence-electron chi connectivity index (χ4n) is 2.12. The van der Waals surface area contributed by atoms with Crippen molar-refractivity contribution in [3.8, 4) is 0 Å². The summed E-state index contributed by atoms with van der Waals surface area (Å²) >= 11 is 0. The second-order valence-corrected chi connectivity index (χ2v) is 4.08. The van der Waals surface area contributed by atoms with Crippen LogP contribution in [0, 0.1) is 12.8 Å². The highest BCUT2D eigenvalue weighted by Crippen LogP contribution is 2.35. The van der Waals surface area contributed by atoms with Gasteiger partial charge in [0.25, 0.3) is 0 Å². The van der Waals surface area contributed by atoms with Crippen molar-refractivity contribution in [3.05, 3.63) is 11.7 Å². The molecule has 2 unspecified atom stereocenters. The number of hydrogen-bond acceptors (Lipinski definition) is 4. The van der Waals surface area contributed by atoms with Gasteiger partial charge in [0.15, 0.2) is 5.82 Å². The molecule has 1 fully saturated rings. The largest absolute Gasteiger partial charge is 0.481 e. The zero-order valence-corrected chi connectivity index (χ0v) is 8.64. The van der Waals surface area contributed by atoms with Gasteiger partial charge < -0.3 is 9.63 Å². The fourth-order valence-corrected chi connectivity index (χ4v) is 2.12. The van der Waals surface area contributed by atoms with Crippen LogP contribution in [-0.2, 0) is 4.79 Å². The van der Waals surface area contributed by atoms with E-state index in [0.717, 1.165) is 19.3 Å². The number of carboxylic acid groups (broad SMARTS) is 1. The first-order valence-electron chi connectivity index (χ1n) is 5.20. The standard InChI is InChI=1S/C10H14N2O3/c1-6-11-9(15-12-6)7-3-2-4-8(5-7)10(13)14/h7-8H,2-5H2,1H3,(H,13,14).